The van der Waals surface area contributed by atoms with Gasteiger partial charge in [-0.1, -0.05) is 11.6 Å². The van der Waals surface area contributed by atoms with Crippen molar-refractivity contribution in [2.45, 2.75) is 0 Å². The summed E-state index contributed by atoms with van der Waals surface area (Å²) in [6, 6.07) is 4.89. The van der Waals surface area contributed by atoms with Crippen LogP contribution in [0.15, 0.2) is 23.6 Å². The maximum absolute atomic E-state index is 11.9. The molecule has 1 amide bonds. The number of aromatic hydroxyl groups is 1. The molecule has 0 aliphatic rings. The second kappa shape index (κ2) is 7.26. The summed E-state index contributed by atoms with van der Waals surface area (Å²) in [5.74, 6) is -0.277. The van der Waals surface area contributed by atoms with Gasteiger partial charge < -0.3 is 20.5 Å². The van der Waals surface area contributed by atoms with E-state index in [4.69, 9.17) is 16.3 Å². The van der Waals surface area contributed by atoms with Crippen molar-refractivity contribution in [3.63, 3.8) is 0 Å². The molecule has 0 fully saturated rings. The highest BCUT2D eigenvalue weighted by Crippen LogP contribution is 2.29. The molecule has 0 radical (unpaired) electrons. The predicted octanol–water partition coefficient (Wildman–Crippen LogP) is 2.62. The number of rotatable bonds is 6. The number of methoxy groups -OCH3 is 1. The fourth-order valence-corrected chi connectivity index (χ4v) is 2.32. The Morgan fingerprint density at radius 2 is 2.33 bits per heavy atom. The van der Waals surface area contributed by atoms with E-state index < -0.39 is 0 Å². The largest absolute Gasteiger partial charge is 0.493 e. The molecule has 8 heteroatoms. The fourth-order valence-electron chi connectivity index (χ4n) is 1.57. The first-order valence-corrected chi connectivity index (χ1v) is 7.34. The third-order valence-electron chi connectivity index (χ3n) is 2.55. The van der Waals surface area contributed by atoms with Crippen LogP contribution in [0.4, 0.5) is 10.8 Å². The van der Waals surface area contributed by atoms with E-state index in [1.165, 1.54) is 16.7 Å². The molecule has 6 nitrogen and oxygen atoms in total. The lowest BCUT2D eigenvalue weighted by atomic mass is 10.2. The molecule has 1 aromatic carbocycles. The van der Waals surface area contributed by atoms with Gasteiger partial charge in [-0.3, -0.25) is 4.79 Å². The lowest BCUT2D eigenvalue weighted by Gasteiger charge is -2.09. The topological polar surface area (TPSA) is 83.5 Å². The van der Waals surface area contributed by atoms with E-state index in [-0.39, 0.29) is 11.8 Å². The average Bonchev–Trinajstić information content (AvgIpc) is 2.87. The molecule has 0 spiro atoms. The number of amides is 1. The average molecular weight is 328 g/mol. The van der Waals surface area contributed by atoms with E-state index in [9.17, 15) is 9.90 Å². The van der Waals surface area contributed by atoms with Gasteiger partial charge in [0.05, 0.1) is 22.7 Å². The Labute approximate surface area is 130 Å². The van der Waals surface area contributed by atoms with Crippen LogP contribution in [-0.4, -0.2) is 36.3 Å². The summed E-state index contributed by atoms with van der Waals surface area (Å²) in [4.78, 5) is 15.8. The SMILES string of the molecule is COCCNC(=O)c1ccc(Cl)c(Nc2nc(O)cs2)c1. The number of halogens is 1. The summed E-state index contributed by atoms with van der Waals surface area (Å²) in [6.45, 7) is 0.879. The quantitative estimate of drug-likeness (QED) is 0.710. The lowest BCUT2D eigenvalue weighted by molar-refractivity contribution is 0.0937. The number of anilines is 2. The van der Waals surface area contributed by atoms with Gasteiger partial charge >= 0.3 is 0 Å². The summed E-state index contributed by atoms with van der Waals surface area (Å²) in [7, 11) is 1.57. The molecule has 1 aromatic heterocycles. The van der Waals surface area contributed by atoms with Crippen LogP contribution >= 0.6 is 22.9 Å². The zero-order valence-corrected chi connectivity index (χ0v) is 12.8. The number of hydrogen-bond donors (Lipinski definition) is 3. The Bertz CT molecular complexity index is 633. The van der Waals surface area contributed by atoms with Gasteiger partial charge in [0.1, 0.15) is 0 Å². The maximum Gasteiger partial charge on any atom is 0.251 e. The number of carbonyl (C=O) groups is 1. The number of ether oxygens (including phenoxy) is 1. The second-order valence-electron chi connectivity index (χ2n) is 4.08. The third-order valence-corrected chi connectivity index (χ3v) is 3.63. The van der Waals surface area contributed by atoms with Crippen molar-refractivity contribution in [1.82, 2.24) is 10.3 Å². The summed E-state index contributed by atoms with van der Waals surface area (Å²) in [6.07, 6.45) is 0. The summed E-state index contributed by atoms with van der Waals surface area (Å²) in [5.41, 5.74) is 1.02. The molecule has 0 saturated heterocycles. The molecule has 0 aliphatic carbocycles. The summed E-state index contributed by atoms with van der Waals surface area (Å²) < 4.78 is 4.87. The first-order valence-electron chi connectivity index (χ1n) is 6.08. The molecule has 3 N–H and O–H groups in total. The number of thiazole rings is 1. The third kappa shape index (κ3) is 4.32. The van der Waals surface area contributed by atoms with Gasteiger partial charge in [0.2, 0.25) is 5.88 Å². The molecule has 112 valence electrons. The standard InChI is InChI=1S/C13H14ClN3O3S/c1-20-5-4-15-12(19)8-2-3-9(14)10(6-8)16-13-17-11(18)7-21-13/h2-3,6-7,18H,4-5H2,1H3,(H,15,19)(H,16,17). The number of nitrogens with one attached hydrogen (secondary N) is 2. The van der Waals surface area contributed by atoms with Gasteiger partial charge in [-0.15, -0.1) is 11.3 Å². The molecule has 21 heavy (non-hydrogen) atoms. The molecular weight excluding hydrogens is 314 g/mol. The van der Waals surface area contributed by atoms with Crippen LogP contribution in [0, 0.1) is 0 Å². The van der Waals surface area contributed by atoms with Gasteiger partial charge in [0.15, 0.2) is 5.13 Å². The smallest absolute Gasteiger partial charge is 0.251 e. The zero-order valence-electron chi connectivity index (χ0n) is 11.2. The van der Waals surface area contributed by atoms with E-state index in [0.29, 0.717) is 34.6 Å². The van der Waals surface area contributed by atoms with Crippen LogP contribution in [-0.2, 0) is 4.74 Å². The Kier molecular flexibility index (Phi) is 5.38. The highest BCUT2D eigenvalue weighted by molar-refractivity contribution is 7.14. The number of aromatic nitrogens is 1. The minimum Gasteiger partial charge on any atom is -0.493 e. The maximum atomic E-state index is 11.9. The number of benzene rings is 1. The number of nitrogens with zero attached hydrogens (tertiary/aromatic N) is 1. The van der Waals surface area contributed by atoms with Crippen LogP contribution in [0.1, 0.15) is 10.4 Å². The highest BCUT2D eigenvalue weighted by Gasteiger charge is 2.10. The molecule has 1 heterocycles. The molecular formula is C13H14ClN3O3S. The van der Waals surface area contributed by atoms with Gasteiger partial charge in [-0.2, -0.15) is 4.98 Å². The van der Waals surface area contributed by atoms with E-state index in [1.54, 1.807) is 25.3 Å². The van der Waals surface area contributed by atoms with E-state index in [1.807, 2.05) is 0 Å². The second-order valence-corrected chi connectivity index (χ2v) is 5.34. The summed E-state index contributed by atoms with van der Waals surface area (Å²) in [5, 5.41) is 17.4. The van der Waals surface area contributed by atoms with Crippen molar-refractivity contribution in [1.29, 1.82) is 0 Å². The number of carbonyl (C=O) groups excluding carboxylic acids is 1. The first-order chi connectivity index (χ1) is 10.1. The van der Waals surface area contributed by atoms with Gasteiger partial charge in [-0.05, 0) is 18.2 Å². The van der Waals surface area contributed by atoms with Gasteiger partial charge in [0, 0.05) is 19.2 Å². The van der Waals surface area contributed by atoms with E-state index >= 15 is 0 Å². The molecule has 0 aliphatic heterocycles. The Morgan fingerprint density at radius 1 is 1.52 bits per heavy atom. The predicted molar refractivity (Wildman–Crippen MR) is 82.7 cm³/mol. The molecule has 0 bridgehead atoms. The van der Waals surface area contributed by atoms with Crippen LogP contribution in [0.2, 0.25) is 5.02 Å². The van der Waals surface area contributed by atoms with Crippen molar-refractivity contribution in [2.24, 2.45) is 0 Å². The lowest BCUT2D eigenvalue weighted by Crippen LogP contribution is -2.26. The number of hydrogen-bond acceptors (Lipinski definition) is 6. The molecule has 0 atom stereocenters. The monoisotopic (exact) mass is 327 g/mol. The van der Waals surface area contributed by atoms with Crippen LogP contribution in [0.3, 0.4) is 0 Å². The van der Waals surface area contributed by atoms with Crippen molar-refractivity contribution >= 4 is 39.7 Å². The minimum absolute atomic E-state index is 0.0629. The zero-order chi connectivity index (χ0) is 15.2. The van der Waals surface area contributed by atoms with E-state index in [2.05, 4.69) is 15.6 Å². The summed E-state index contributed by atoms with van der Waals surface area (Å²) >= 11 is 7.32. The minimum atomic E-state index is -0.214. The van der Waals surface area contributed by atoms with Crippen molar-refractivity contribution < 1.29 is 14.6 Å². The Hall–Kier alpha value is -1.83. The van der Waals surface area contributed by atoms with Crippen molar-refractivity contribution in [2.75, 3.05) is 25.6 Å². The van der Waals surface area contributed by atoms with Crippen LogP contribution in [0.5, 0.6) is 5.88 Å². The first kappa shape index (κ1) is 15.6. The van der Waals surface area contributed by atoms with Gasteiger partial charge in [0.25, 0.3) is 5.91 Å². The fraction of sp³-hybridized carbons (Fsp3) is 0.231. The Balaban J connectivity index is 2.11. The van der Waals surface area contributed by atoms with Crippen LogP contribution < -0.4 is 10.6 Å². The van der Waals surface area contributed by atoms with Gasteiger partial charge in [-0.25, -0.2) is 0 Å². The van der Waals surface area contributed by atoms with Crippen molar-refractivity contribution in [3.05, 3.63) is 34.2 Å². The normalized spacial score (nSPS) is 10.4. The molecule has 2 rings (SSSR count). The van der Waals surface area contributed by atoms with Crippen molar-refractivity contribution in [3.8, 4) is 5.88 Å². The molecule has 0 unspecified atom stereocenters. The molecule has 0 saturated carbocycles. The Morgan fingerprint density at radius 3 is 3.00 bits per heavy atom. The van der Waals surface area contributed by atoms with Crippen LogP contribution in [0.25, 0.3) is 0 Å². The molecule has 2 aromatic rings. The van der Waals surface area contributed by atoms with E-state index in [0.717, 1.165) is 0 Å². The highest BCUT2D eigenvalue weighted by atomic mass is 35.5.